The average Bonchev–Trinajstić information content (AvgIpc) is 3.19. The smallest absolute Gasteiger partial charge is 0.124 e. The summed E-state index contributed by atoms with van der Waals surface area (Å²) in [5.74, 6) is 2.76. The van der Waals surface area contributed by atoms with Crippen molar-refractivity contribution in [2.24, 2.45) is 4.99 Å². The molecule has 2 heterocycles. The van der Waals surface area contributed by atoms with Gasteiger partial charge in [-0.25, -0.2) is 4.98 Å². The Labute approximate surface area is 306 Å². The number of hydrogen-bond acceptors (Lipinski definition) is 11. The van der Waals surface area contributed by atoms with Gasteiger partial charge in [0.15, 0.2) is 0 Å². The second-order valence-corrected chi connectivity index (χ2v) is 12.8. The predicted molar refractivity (Wildman–Crippen MR) is 207 cm³/mol. The highest BCUT2D eigenvalue weighted by Crippen LogP contribution is 2.35. The van der Waals surface area contributed by atoms with E-state index in [9.17, 15) is 0 Å². The maximum Gasteiger partial charge on any atom is 0.124 e. The van der Waals surface area contributed by atoms with E-state index in [2.05, 4.69) is 56.1 Å². The number of ether oxygens (including phenoxy) is 4. The fourth-order valence-electron chi connectivity index (χ4n) is 6.66. The molecular formula is C41H47N7O4. The molecule has 1 aliphatic heterocycles. The highest BCUT2D eigenvalue weighted by atomic mass is 16.5. The molecule has 1 fully saturated rings. The van der Waals surface area contributed by atoms with Crippen LogP contribution in [0.1, 0.15) is 22.7 Å². The molecule has 1 aliphatic rings. The molecule has 0 spiro atoms. The van der Waals surface area contributed by atoms with Crippen LogP contribution in [-0.4, -0.2) is 99.9 Å². The third-order valence-corrected chi connectivity index (χ3v) is 9.53. The number of nitrogens with one attached hydrogen (secondary N) is 1. The largest absolute Gasteiger partial charge is 0.497 e. The minimum atomic E-state index is -0.352. The summed E-state index contributed by atoms with van der Waals surface area (Å²) in [5.41, 5.74) is 6.57. The number of rotatable bonds is 15. The zero-order valence-corrected chi connectivity index (χ0v) is 30.5. The van der Waals surface area contributed by atoms with Gasteiger partial charge in [0.2, 0.25) is 0 Å². The lowest BCUT2D eigenvalue weighted by Crippen LogP contribution is -2.55. The number of methoxy groups -OCH3 is 4. The van der Waals surface area contributed by atoms with E-state index in [1.54, 1.807) is 47.9 Å². The fourth-order valence-corrected chi connectivity index (χ4v) is 6.66. The average molecular weight is 702 g/mol. The van der Waals surface area contributed by atoms with E-state index in [1.165, 1.54) is 17.3 Å². The molecule has 0 bridgehead atoms. The van der Waals surface area contributed by atoms with Crippen molar-refractivity contribution in [2.75, 3.05) is 66.6 Å². The number of fused-ring (bicyclic) bond motifs is 1. The molecule has 5 aromatic rings. The first-order valence-corrected chi connectivity index (χ1v) is 17.4. The van der Waals surface area contributed by atoms with Gasteiger partial charge >= 0.3 is 0 Å². The van der Waals surface area contributed by atoms with Crippen LogP contribution in [0.5, 0.6) is 23.0 Å². The minimum absolute atomic E-state index is 0.141. The topological polar surface area (TPSA) is 109 Å². The van der Waals surface area contributed by atoms with E-state index in [0.29, 0.717) is 23.7 Å². The van der Waals surface area contributed by atoms with Gasteiger partial charge in [-0.15, -0.1) is 0 Å². The van der Waals surface area contributed by atoms with E-state index in [-0.39, 0.29) is 12.0 Å². The van der Waals surface area contributed by atoms with E-state index in [4.69, 9.17) is 34.3 Å². The maximum absolute atomic E-state index is 7.94. The van der Waals surface area contributed by atoms with Crippen molar-refractivity contribution in [3.63, 3.8) is 0 Å². The summed E-state index contributed by atoms with van der Waals surface area (Å²) in [6.07, 6.45) is 4.76. The summed E-state index contributed by atoms with van der Waals surface area (Å²) in [6.45, 7) is 5.02. The summed E-state index contributed by atoms with van der Waals surface area (Å²) < 4.78 is 22.3. The van der Waals surface area contributed by atoms with E-state index in [0.717, 1.165) is 66.6 Å². The zero-order chi connectivity index (χ0) is 36.5. The number of aliphatic imine (C=N–C) groups is 1. The molecule has 52 heavy (non-hydrogen) atoms. The van der Waals surface area contributed by atoms with Crippen molar-refractivity contribution < 1.29 is 18.9 Å². The molecule has 1 aromatic heterocycles. The van der Waals surface area contributed by atoms with Gasteiger partial charge in [0, 0.05) is 94.4 Å². The first kappa shape index (κ1) is 36.3. The molecule has 4 aromatic carbocycles. The van der Waals surface area contributed by atoms with Crippen molar-refractivity contribution >= 4 is 34.8 Å². The highest BCUT2D eigenvalue weighted by Gasteiger charge is 2.30. The number of benzene rings is 4. The third-order valence-electron chi connectivity index (χ3n) is 9.53. The Kier molecular flexibility index (Phi) is 11.9. The zero-order valence-electron chi connectivity index (χ0n) is 30.5. The van der Waals surface area contributed by atoms with Crippen molar-refractivity contribution in [1.82, 2.24) is 19.8 Å². The Morgan fingerprint density at radius 2 is 1.40 bits per heavy atom. The van der Waals surface area contributed by atoms with E-state index < -0.39 is 0 Å². The summed E-state index contributed by atoms with van der Waals surface area (Å²) in [7, 11) is 8.43. The molecule has 11 heteroatoms. The highest BCUT2D eigenvalue weighted by molar-refractivity contribution is 5.89. The normalized spacial score (nSPS) is 15.8. The van der Waals surface area contributed by atoms with Crippen LogP contribution in [0.15, 0.2) is 96.1 Å². The number of hydrogen-bond donors (Lipinski definition) is 1. The number of anilines is 2. The van der Waals surface area contributed by atoms with Gasteiger partial charge in [0.05, 0.1) is 57.3 Å². The van der Waals surface area contributed by atoms with Crippen LogP contribution in [-0.2, 0) is 13.1 Å². The molecule has 0 saturated carbocycles. The van der Waals surface area contributed by atoms with Gasteiger partial charge in [-0.3, -0.25) is 19.8 Å². The maximum atomic E-state index is 7.94. The third kappa shape index (κ3) is 8.67. The van der Waals surface area contributed by atoms with Crippen LogP contribution in [0.4, 0.5) is 11.4 Å². The second-order valence-electron chi connectivity index (χ2n) is 12.8. The van der Waals surface area contributed by atoms with E-state index in [1.807, 2.05) is 48.5 Å². The molecule has 11 nitrogen and oxygen atoms in total. The first-order valence-electron chi connectivity index (χ1n) is 17.4. The van der Waals surface area contributed by atoms with Gasteiger partial charge in [-0.1, -0.05) is 24.3 Å². The van der Waals surface area contributed by atoms with Gasteiger partial charge in [0.1, 0.15) is 23.0 Å². The fraction of sp³-hybridized carbons (Fsp3) is 0.317. The molecule has 2 unspecified atom stereocenters. The van der Waals surface area contributed by atoms with Gasteiger partial charge in [-0.05, 0) is 53.6 Å². The van der Waals surface area contributed by atoms with Crippen molar-refractivity contribution in [3.05, 3.63) is 108 Å². The van der Waals surface area contributed by atoms with Crippen LogP contribution in [0.25, 0.3) is 11.0 Å². The summed E-state index contributed by atoms with van der Waals surface area (Å²) in [4.78, 5) is 21.2. The van der Waals surface area contributed by atoms with Gasteiger partial charge < -0.3 is 29.3 Å². The van der Waals surface area contributed by atoms with Gasteiger partial charge in [-0.2, -0.15) is 0 Å². The van der Waals surface area contributed by atoms with Crippen LogP contribution in [0.2, 0.25) is 0 Å². The molecule has 1 saturated heterocycles. The Hall–Kier alpha value is -5.52. The molecule has 0 amide bonds. The summed E-state index contributed by atoms with van der Waals surface area (Å²) >= 11 is 0. The number of aromatic nitrogens is 2. The van der Waals surface area contributed by atoms with Crippen molar-refractivity contribution in [3.8, 4) is 23.0 Å². The molecule has 2 atom stereocenters. The summed E-state index contributed by atoms with van der Waals surface area (Å²) in [5, 5.41) is 7.94. The molecule has 0 radical (unpaired) electrons. The van der Waals surface area contributed by atoms with E-state index >= 15 is 0 Å². The molecule has 0 aliphatic carbocycles. The first-order chi connectivity index (χ1) is 25.4. The molecule has 1 N–H and O–H groups in total. The second kappa shape index (κ2) is 17.1. The summed E-state index contributed by atoms with van der Waals surface area (Å²) in [6, 6.07) is 29.0. The lowest BCUT2D eigenvalue weighted by molar-refractivity contribution is 0.0682. The van der Waals surface area contributed by atoms with Crippen LogP contribution < -0.4 is 23.8 Å². The Morgan fingerprint density at radius 1 is 0.769 bits per heavy atom. The van der Waals surface area contributed by atoms with Crippen molar-refractivity contribution in [2.45, 2.75) is 25.0 Å². The lowest BCUT2D eigenvalue weighted by atomic mass is 10.1. The molecule has 270 valence electrons. The predicted octanol–water partition coefficient (Wildman–Crippen LogP) is 6.62. The molecule has 6 rings (SSSR count). The number of piperazine rings is 1. The standard InChI is InChI=1S/C41H47N7O4/c1-43-23-31(22-42)41-24-44-39-15-10-32(20-40(39)45-41)48(33-18-37(51-4)21-38(19-33)52-5)28-34-27-46(25-29-6-11-35(49-2)12-7-29)16-17-47(34)26-30-8-13-36(50-3)14-9-30/h6-15,18-24,31,34,42H,16-17,25-28H2,1-5H3. The SMILES string of the molecule is CN=CC(C=N)c1cnc2ccc(N(CC3CN(Cc4ccc(OC)cc4)CCN3Cc3ccc(OC)cc3)c3cc(OC)cc(OC)c3)cc2n1. The van der Waals surface area contributed by atoms with Crippen LogP contribution in [0.3, 0.4) is 0 Å². The quantitative estimate of drug-likeness (QED) is 0.121. The van der Waals surface area contributed by atoms with Crippen LogP contribution >= 0.6 is 0 Å². The number of nitrogens with zero attached hydrogens (tertiary/aromatic N) is 6. The molecular weight excluding hydrogens is 654 g/mol. The minimum Gasteiger partial charge on any atom is -0.497 e. The Balaban J connectivity index is 1.39. The Bertz CT molecular complexity index is 1950. The van der Waals surface area contributed by atoms with Crippen molar-refractivity contribution in [1.29, 1.82) is 5.41 Å². The van der Waals surface area contributed by atoms with Gasteiger partial charge in [0.25, 0.3) is 0 Å². The monoisotopic (exact) mass is 701 g/mol. The lowest BCUT2D eigenvalue weighted by Gasteiger charge is -2.44. The van der Waals surface area contributed by atoms with Crippen LogP contribution in [0, 0.1) is 5.41 Å². The Morgan fingerprint density at radius 3 is 2.00 bits per heavy atom.